The number of hydrogen-bond acceptors (Lipinski definition) is 5. The zero-order valence-corrected chi connectivity index (χ0v) is 10.5. The van der Waals surface area contributed by atoms with E-state index in [0.29, 0.717) is 17.1 Å². The first-order valence-electron chi connectivity index (χ1n) is 5.81. The zero-order valence-electron chi connectivity index (χ0n) is 10.5. The van der Waals surface area contributed by atoms with Gasteiger partial charge in [-0.3, -0.25) is 15.1 Å². The Balaban J connectivity index is 2.15. The number of aromatic amines is 1. The van der Waals surface area contributed by atoms with Crippen LogP contribution in [0, 0.1) is 10.1 Å². The lowest BCUT2D eigenvalue weighted by molar-refractivity contribution is -0.384. The highest BCUT2D eigenvalue weighted by Crippen LogP contribution is 2.32. The van der Waals surface area contributed by atoms with Crippen molar-refractivity contribution in [3.63, 3.8) is 0 Å². The van der Waals surface area contributed by atoms with E-state index in [9.17, 15) is 10.1 Å². The van der Waals surface area contributed by atoms with Gasteiger partial charge in [-0.1, -0.05) is 0 Å². The second kappa shape index (κ2) is 4.61. The maximum atomic E-state index is 10.8. The number of methoxy groups -OCH3 is 1. The molecule has 0 saturated heterocycles. The van der Waals surface area contributed by atoms with Gasteiger partial charge in [0.2, 0.25) is 0 Å². The maximum Gasteiger partial charge on any atom is 0.273 e. The molecule has 7 heteroatoms. The second-order valence-corrected chi connectivity index (χ2v) is 4.12. The Bertz CT molecular complexity index is 764. The monoisotopic (exact) mass is 270 g/mol. The number of fused-ring (bicyclic) bond motifs is 1. The summed E-state index contributed by atoms with van der Waals surface area (Å²) in [5.41, 5.74) is 2.20. The van der Waals surface area contributed by atoms with Gasteiger partial charge in [-0.25, -0.2) is 4.98 Å². The molecule has 1 aromatic carbocycles. The Morgan fingerprint density at radius 3 is 2.90 bits per heavy atom. The molecular weight excluding hydrogens is 260 g/mol. The third-order valence-electron chi connectivity index (χ3n) is 2.94. The molecule has 2 aromatic heterocycles. The summed E-state index contributed by atoms with van der Waals surface area (Å²) in [5.74, 6) is 0.978. The number of hydrogen-bond donors (Lipinski definition) is 1. The number of nitrogens with one attached hydrogen (secondary N) is 1. The quantitative estimate of drug-likeness (QED) is 0.583. The first-order chi connectivity index (χ1) is 9.69. The van der Waals surface area contributed by atoms with Gasteiger partial charge in [0, 0.05) is 12.3 Å². The molecule has 1 N–H and O–H groups in total. The Kier molecular flexibility index (Phi) is 2.79. The highest BCUT2D eigenvalue weighted by Gasteiger charge is 2.15. The summed E-state index contributed by atoms with van der Waals surface area (Å²) in [5, 5.41) is 10.8. The van der Waals surface area contributed by atoms with E-state index in [2.05, 4.69) is 15.0 Å². The van der Waals surface area contributed by atoms with Gasteiger partial charge >= 0.3 is 0 Å². The van der Waals surface area contributed by atoms with Gasteiger partial charge in [-0.05, 0) is 12.1 Å². The van der Waals surface area contributed by atoms with E-state index in [-0.39, 0.29) is 5.69 Å². The molecule has 2 heterocycles. The van der Waals surface area contributed by atoms with Crippen molar-refractivity contribution < 1.29 is 9.66 Å². The smallest absolute Gasteiger partial charge is 0.273 e. The van der Waals surface area contributed by atoms with E-state index < -0.39 is 4.92 Å². The van der Waals surface area contributed by atoms with E-state index in [1.54, 1.807) is 18.5 Å². The standard InChI is InChI=1S/C13H10N4O3/c1-20-12-6-8(17(18)19)2-3-9(12)13-15-10-4-5-14-7-11(10)16-13/h2-7H,1H3,(H,15,16). The van der Waals surface area contributed by atoms with Gasteiger partial charge in [-0.15, -0.1) is 0 Å². The van der Waals surface area contributed by atoms with Gasteiger partial charge in [-0.2, -0.15) is 0 Å². The molecule has 0 bridgehead atoms. The van der Waals surface area contributed by atoms with Crippen LogP contribution in [0.25, 0.3) is 22.4 Å². The fourth-order valence-electron chi connectivity index (χ4n) is 1.97. The molecule has 7 nitrogen and oxygen atoms in total. The number of benzene rings is 1. The van der Waals surface area contributed by atoms with Crippen LogP contribution in [0.1, 0.15) is 0 Å². The highest BCUT2D eigenvalue weighted by molar-refractivity contribution is 5.80. The summed E-state index contributed by atoms with van der Waals surface area (Å²) in [6.07, 6.45) is 3.31. The van der Waals surface area contributed by atoms with Crippen molar-refractivity contribution in [1.29, 1.82) is 0 Å². The molecule has 0 spiro atoms. The fraction of sp³-hybridized carbons (Fsp3) is 0.0769. The first kappa shape index (κ1) is 12.1. The number of H-pyrrole nitrogens is 1. The lowest BCUT2D eigenvalue weighted by Crippen LogP contribution is -1.93. The van der Waals surface area contributed by atoms with Crippen LogP contribution in [-0.4, -0.2) is 27.0 Å². The summed E-state index contributed by atoms with van der Waals surface area (Å²) in [6, 6.07) is 6.22. The number of imidazole rings is 1. The number of aromatic nitrogens is 3. The molecule has 0 aliphatic rings. The second-order valence-electron chi connectivity index (χ2n) is 4.12. The third kappa shape index (κ3) is 1.95. The van der Waals surface area contributed by atoms with Crippen LogP contribution in [0.5, 0.6) is 5.75 Å². The summed E-state index contributed by atoms with van der Waals surface area (Å²) >= 11 is 0. The molecule has 0 saturated carbocycles. The Hall–Kier alpha value is -2.96. The molecule has 0 atom stereocenters. The Labute approximate surface area is 113 Å². The van der Waals surface area contributed by atoms with Crippen molar-refractivity contribution >= 4 is 16.7 Å². The molecule has 3 aromatic rings. The van der Waals surface area contributed by atoms with Crippen molar-refractivity contribution in [2.24, 2.45) is 0 Å². The topological polar surface area (TPSA) is 93.9 Å². The molecule has 0 aliphatic heterocycles. The molecule has 20 heavy (non-hydrogen) atoms. The lowest BCUT2D eigenvalue weighted by Gasteiger charge is -2.05. The predicted octanol–water partition coefficient (Wildman–Crippen LogP) is 2.54. The lowest BCUT2D eigenvalue weighted by atomic mass is 10.1. The Morgan fingerprint density at radius 1 is 1.35 bits per heavy atom. The molecular formula is C13H10N4O3. The average molecular weight is 270 g/mol. The van der Waals surface area contributed by atoms with E-state index >= 15 is 0 Å². The fourth-order valence-corrected chi connectivity index (χ4v) is 1.97. The SMILES string of the molecule is COc1cc([N+](=O)[O-])ccc1-c1nc2cnccc2[nH]1. The number of pyridine rings is 1. The zero-order chi connectivity index (χ0) is 14.1. The van der Waals surface area contributed by atoms with Crippen LogP contribution in [0.4, 0.5) is 5.69 Å². The van der Waals surface area contributed by atoms with Crippen molar-refractivity contribution in [3.8, 4) is 17.1 Å². The van der Waals surface area contributed by atoms with Gasteiger partial charge in [0.1, 0.15) is 17.1 Å². The van der Waals surface area contributed by atoms with Crippen LogP contribution in [-0.2, 0) is 0 Å². The normalized spacial score (nSPS) is 10.7. The highest BCUT2D eigenvalue weighted by atomic mass is 16.6. The van der Waals surface area contributed by atoms with E-state index in [4.69, 9.17) is 4.74 Å². The minimum absolute atomic E-state index is 0.0247. The third-order valence-corrected chi connectivity index (χ3v) is 2.94. The van der Waals surface area contributed by atoms with Crippen LogP contribution in [0.3, 0.4) is 0 Å². The molecule has 0 unspecified atom stereocenters. The summed E-state index contributed by atoms with van der Waals surface area (Å²) in [6.45, 7) is 0. The number of ether oxygens (including phenoxy) is 1. The first-order valence-corrected chi connectivity index (χ1v) is 5.81. The van der Waals surface area contributed by atoms with Crippen LogP contribution >= 0.6 is 0 Å². The van der Waals surface area contributed by atoms with Gasteiger partial charge in [0.15, 0.2) is 0 Å². The Morgan fingerprint density at radius 2 is 2.20 bits per heavy atom. The molecule has 0 amide bonds. The van der Waals surface area contributed by atoms with Gasteiger partial charge in [0.05, 0.1) is 35.4 Å². The van der Waals surface area contributed by atoms with Crippen LogP contribution in [0.2, 0.25) is 0 Å². The van der Waals surface area contributed by atoms with Gasteiger partial charge in [0.25, 0.3) is 5.69 Å². The molecule has 100 valence electrons. The minimum atomic E-state index is -0.463. The van der Waals surface area contributed by atoms with E-state index in [1.807, 2.05) is 6.07 Å². The summed E-state index contributed by atoms with van der Waals surface area (Å²) in [4.78, 5) is 21.8. The summed E-state index contributed by atoms with van der Waals surface area (Å²) in [7, 11) is 1.47. The van der Waals surface area contributed by atoms with Crippen molar-refractivity contribution in [1.82, 2.24) is 15.0 Å². The predicted molar refractivity (Wildman–Crippen MR) is 72.5 cm³/mol. The number of nitro benzene ring substituents is 1. The van der Waals surface area contributed by atoms with E-state index in [1.165, 1.54) is 19.2 Å². The number of nitro groups is 1. The molecule has 0 aliphatic carbocycles. The summed E-state index contributed by atoms with van der Waals surface area (Å²) < 4.78 is 5.21. The largest absolute Gasteiger partial charge is 0.496 e. The van der Waals surface area contributed by atoms with Crippen LogP contribution in [0.15, 0.2) is 36.7 Å². The van der Waals surface area contributed by atoms with Crippen molar-refractivity contribution in [2.75, 3.05) is 7.11 Å². The van der Waals surface area contributed by atoms with E-state index in [0.717, 1.165) is 11.0 Å². The number of non-ortho nitro benzene ring substituents is 1. The molecule has 0 radical (unpaired) electrons. The number of rotatable bonds is 3. The average Bonchev–Trinajstić information content (AvgIpc) is 2.90. The van der Waals surface area contributed by atoms with Crippen LogP contribution < -0.4 is 4.74 Å². The van der Waals surface area contributed by atoms with Crippen molar-refractivity contribution in [2.45, 2.75) is 0 Å². The van der Waals surface area contributed by atoms with Crippen molar-refractivity contribution in [3.05, 3.63) is 46.8 Å². The minimum Gasteiger partial charge on any atom is -0.496 e. The maximum absolute atomic E-state index is 10.8. The molecule has 0 fully saturated rings. The molecule has 3 rings (SSSR count). The van der Waals surface area contributed by atoms with Gasteiger partial charge < -0.3 is 9.72 Å². The number of nitrogens with zero attached hydrogens (tertiary/aromatic N) is 3.